The Hall–Kier alpha value is -2.19. The molecule has 0 saturated carbocycles. The molecule has 0 heterocycles. The quantitative estimate of drug-likeness (QED) is 0.519. The van der Waals surface area contributed by atoms with Gasteiger partial charge in [0.15, 0.2) is 6.61 Å². The van der Waals surface area contributed by atoms with E-state index in [1.165, 1.54) is 6.21 Å². The Morgan fingerprint density at radius 2 is 1.79 bits per heavy atom. The van der Waals surface area contributed by atoms with Crippen LogP contribution in [0.4, 0.5) is 0 Å². The van der Waals surface area contributed by atoms with Gasteiger partial charge in [0, 0.05) is 5.56 Å². The second kappa shape index (κ2) is 8.60. The second-order valence-electron chi connectivity index (χ2n) is 4.63. The van der Waals surface area contributed by atoms with Gasteiger partial charge in [0.2, 0.25) is 0 Å². The molecule has 0 bridgehead atoms. The zero-order valence-corrected chi connectivity index (χ0v) is 15.5. The van der Waals surface area contributed by atoms with Gasteiger partial charge in [-0.15, -0.1) is 0 Å². The van der Waals surface area contributed by atoms with E-state index in [1.54, 1.807) is 36.4 Å². The summed E-state index contributed by atoms with van der Waals surface area (Å²) in [6.45, 7) is -0.224. The lowest BCUT2D eigenvalue weighted by molar-refractivity contribution is -0.119. The van der Waals surface area contributed by atoms with Gasteiger partial charge >= 0.3 is 0 Å². The van der Waals surface area contributed by atoms with E-state index < -0.39 is 5.91 Å². The van der Waals surface area contributed by atoms with E-state index in [1.807, 2.05) is 6.07 Å². The van der Waals surface area contributed by atoms with Crippen LogP contribution in [0.5, 0.6) is 5.75 Å². The van der Waals surface area contributed by atoms with Gasteiger partial charge < -0.3 is 10.5 Å². The summed E-state index contributed by atoms with van der Waals surface area (Å²) in [5.41, 5.74) is 8.74. The third-order valence-electron chi connectivity index (χ3n) is 2.80. The summed E-state index contributed by atoms with van der Waals surface area (Å²) in [4.78, 5) is 22.7. The smallest absolute Gasteiger partial charge is 0.271 e. The number of amides is 2. The molecule has 2 rings (SSSR count). The molecular formula is C16H13Br2N3O3. The molecule has 0 aliphatic rings. The minimum absolute atomic E-state index is 0.224. The van der Waals surface area contributed by atoms with Crippen LogP contribution in [-0.4, -0.2) is 24.6 Å². The lowest BCUT2D eigenvalue weighted by atomic mass is 10.2. The third kappa shape index (κ3) is 5.17. The Morgan fingerprint density at radius 1 is 1.17 bits per heavy atom. The molecule has 2 amide bonds. The Balaban J connectivity index is 2.05. The van der Waals surface area contributed by atoms with Gasteiger partial charge in [-0.05, 0) is 61.7 Å². The van der Waals surface area contributed by atoms with Gasteiger partial charge in [0.05, 0.1) is 15.2 Å². The molecule has 8 heteroatoms. The number of hydrazone groups is 1. The Labute approximate surface area is 155 Å². The number of nitrogens with two attached hydrogens (primary N) is 1. The van der Waals surface area contributed by atoms with Crippen molar-refractivity contribution in [1.29, 1.82) is 0 Å². The number of primary amides is 1. The monoisotopic (exact) mass is 453 g/mol. The second-order valence-corrected chi connectivity index (χ2v) is 6.34. The maximum atomic E-state index is 11.9. The standard InChI is InChI=1S/C16H13Br2N3O3/c17-12-6-10(7-13(18)15(12)24-9-14(19)22)8-20-21-16(23)11-4-2-1-3-5-11/h1-8H,9H2,(H2,19,22)(H,21,23)/b20-8+. The fourth-order valence-electron chi connectivity index (χ4n) is 1.75. The number of ether oxygens (including phenoxy) is 1. The summed E-state index contributed by atoms with van der Waals surface area (Å²) in [5.74, 6) is -0.409. The van der Waals surface area contributed by atoms with Crippen LogP contribution in [0.3, 0.4) is 0 Å². The number of hydrogen-bond acceptors (Lipinski definition) is 4. The molecule has 0 spiro atoms. The molecule has 0 unspecified atom stereocenters. The van der Waals surface area contributed by atoms with Crippen LogP contribution in [-0.2, 0) is 4.79 Å². The first-order chi connectivity index (χ1) is 11.5. The highest BCUT2D eigenvalue weighted by Crippen LogP contribution is 2.34. The van der Waals surface area contributed by atoms with Crippen molar-refractivity contribution >= 4 is 49.9 Å². The predicted molar refractivity (Wildman–Crippen MR) is 98.0 cm³/mol. The number of carbonyl (C=O) groups excluding carboxylic acids is 2. The number of nitrogens with one attached hydrogen (secondary N) is 1. The summed E-state index contributed by atoms with van der Waals surface area (Å²) in [7, 11) is 0. The number of nitrogens with zero attached hydrogens (tertiary/aromatic N) is 1. The molecule has 0 atom stereocenters. The summed E-state index contributed by atoms with van der Waals surface area (Å²) >= 11 is 6.70. The van der Waals surface area contributed by atoms with Crippen molar-refractivity contribution in [1.82, 2.24) is 5.43 Å². The predicted octanol–water partition coefficient (Wildman–Crippen LogP) is 2.84. The Kier molecular flexibility index (Phi) is 6.51. The molecule has 2 aromatic rings. The van der Waals surface area contributed by atoms with Crippen molar-refractivity contribution in [2.45, 2.75) is 0 Å². The summed E-state index contributed by atoms with van der Waals surface area (Å²) < 4.78 is 6.54. The van der Waals surface area contributed by atoms with E-state index in [9.17, 15) is 9.59 Å². The van der Waals surface area contributed by atoms with Crippen molar-refractivity contribution in [3.63, 3.8) is 0 Å². The van der Waals surface area contributed by atoms with Gasteiger partial charge in [-0.2, -0.15) is 5.10 Å². The van der Waals surface area contributed by atoms with E-state index >= 15 is 0 Å². The maximum Gasteiger partial charge on any atom is 0.271 e. The SMILES string of the molecule is NC(=O)COc1c(Br)cc(/C=N/NC(=O)c2ccccc2)cc1Br. The molecular weight excluding hydrogens is 442 g/mol. The molecule has 0 saturated heterocycles. The molecule has 24 heavy (non-hydrogen) atoms. The molecule has 0 fully saturated rings. The first kappa shape index (κ1) is 18.2. The first-order valence-electron chi connectivity index (χ1n) is 6.76. The molecule has 3 N–H and O–H groups in total. The average molecular weight is 455 g/mol. The minimum atomic E-state index is -0.567. The van der Waals surface area contributed by atoms with Crippen molar-refractivity contribution < 1.29 is 14.3 Å². The summed E-state index contributed by atoms with van der Waals surface area (Å²) in [6, 6.07) is 12.2. The molecule has 0 aromatic heterocycles. The van der Waals surface area contributed by atoms with Crippen LogP contribution in [0, 0.1) is 0 Å². The van der Waals surface area contributed by atoms with Crippen molar-refractivity contribution in [2.24, 2.45) is 10.8 Å². The highest BCUT2D eigenvalue weighted by atomic mass is 79.9. The van der Waals surface area contributed by atoms with Gasteiger partial charge in [-0.25, -0.2) is 5.43 Å². The van der Waals surface area contributed by atoms with Crippen LogP contribution in [0.1, 0.15) is 15.9 Å². The van der Waals surface area contributed by atoms with E-state index in [-0.39, 0.29) is 12.5 Å². The van der Waals surface area contributed by atoms with Crippen LogP contribution in [0.15, 0.2) is 56.5 Å². The largest absolute Gasteiger partial charge is 0.481 e. The third-order valence-corrected chi connectivity index (χ3v) is 3.97. The number of benzene rings is 2. The lowest BCUT2D eigenvalue weighted by Gasteiger charge is -2.09. The molecule has 0 radical (unpaired) electrons. The first-order valence-corrected chi connectivity index (χ1v) is 8.34. The van der Waals surface area contributed by atoms with Crippen LogP contribution in [0.2, 0.25) is 0 Å². The van der Waals surface area contributed by atoms with Crippen molar-refractivity contribution in [3.8, 4) is 5.75 Å². The van der Waals surface area contributed by atoms with Crippen molar-refractivity contribution in [2.75, 3.05) is 6.61 Å². The van der Waals surface area contributed by atoms with Crippen molar-refractivity contribution in [3.05, 3.63) is 62.5 Å². The highest BCUT2D eigenvalue weighted by molar-refractivity contribution is 9.11. The molecule has 0 aliphatic heterocycles. The topological polar surface area (TPSA) is 93.8 Å². The molecule has 0 aliphatic carbocycles. The number of hydrogen-bond donors (Lipinski definition) is 2. The van der Waals surface area contributed by atoms with Crippen LogP contribution < -0.4 is 15.9 Å². The van der Waals surface area contributed by atoms with E-state index in [4.69, 9.17) is 10.5 Å². The highest BCUT2D eigenvalue weighted by Gasteiger charge is 2.10. The fourth-order valence-corrected chi connectivity index (χ4v) is 3.21. The summed E-state index contributed by atoms with van der Waals surface area (Å²) in [6.07, 6.45) is 1.49. The molecule has 124 valence electrons. The van der Waals surface area contributed by atoms with Crippen LogP contribution >= 0.6 is 31.9 Å². The van der Waals surface area contributed by atoms with E-state index in [0.717, 1.165) is 0 Å². The zero-order chi connectivity index (χ0) is 17.5. The number of halogens is 2. The van der Waals surface area contributed by atoms with E-state index in [0.29, 0.717) is 25.8 Å². The number of rotatable bonds is 6. The summed E-state index contributed by atoms with van der Waals surface area (Å²) in [5, 5.41) is 3.92. The Morgan fingerprint density at radius 3 is 2.38 bits per heavy atom. The zero-order valence-electron chi connectivity index (χ0n) is 12.3. The normalized spacial score (nSPS) is 10.6. The van der Waals surface area contributed by atoms with Gasteiger partial charge in [0.1, 0.15) is 5.75 Å². The lowest BCUT2D eigenvalue weighted by Crippen LogP contribution is -2.20. The Bertz CT molecular complexity index is 756. The minimum Gasteiger partial charge on any atom is -0.481 e. The molecule has 6 nitrogen and oxygen atoms in total. The van der Waals surface area contributed by atoms with Gasteiger partial charge in [0.25, 0.3) is 11.8 Å². The van der Waals surface area contributed by atoms with Gasteiger partial charge in [-0.3, -0.25) is 9.59 Å². The fraction of sp³-hybridized carbons (Fsp3) is 0.0625. The molecule has 2 aromatic carbocycles. The maximum absolute atomic E-state index is 11.9. The van der Waals surface area contributed by atoms with Crippen LogP contribution in [0.25, 0.3) is 0 Å². The average Bonchev–Trinajstić information content (AvgIpc) is 2.54. The van der Waals surface area contributed by atoms with Gasteiger partial charge in [-0.1, -0.05) is 18.2 Å². The van der Waals surface area contributed by atoms with E-state index in [2.05, 4.69) is 42.4 Å². The number of carbonyl (C=O) groups is 2.